The zero-order chi connectivity index (χ0) is 13.2. The summed E-state index contributed by atoms with van der Waals surface area (Å²) < 4.78 is 1.74. The van der Waals surface area contributed by atoms with Crippen LogP contribution >= 0.6 is 11.6 Å². The summed E-state index contributed by atoms with van der Waals surface area (Å²) in [5, 5.41) is 4.36. The molecule has 2 unspecified atom stereocenters. The lowest BCUT2D eigenvalue weighted by molar-refractivity contribution is 0.555. The summed E-state index contributed by atoms with van der Waals surface area (Å²) in [6.45, 7) is 0. The summed E-state index contributed by atoms with van der Waals surface area (Å²) in [5.41, 5.74) is 7.58. The first kappa shape index (κ1) is 12.0. The van der Waals surface area contributed by atoms with Crippen molar-refractivity contribution in [3.05, 3.63) is 54.8 Å². The monoisotopic (exact) mass is 272 g/mol. The quantitative estimate of drug-likeness (QED) is 0.856. The fraction of sp³-hybridized carbons (Fsp3) is 0.143. The highest BCUT2D eigenvalue weighted by atomic mass is 35.5. The Kier molecular flexibility index (Phi) is 3.09. The third-order valence-electron chi connectivity index (χ3n) is 3.01. The van der Waals surface area contributed by atoms with E-state index in [1.807, 2.05) is 48.6 Å². The van der Waals surface area contributed by atoms with Crippen molar-refractivity contribution in [2.45, 2.75) is 11.4 Å². The fourth-order valence-corrected chi connectivity index (χ4v) is 2.35. The molecule has 2 heterocycles. The van der Waals surface area contributed by atoms with E-state index in [4.69, 9.17) is 17.3 Å². The number of nitrogens with zero attached hydrogens (tertiary/aromatic N) is 3. The maximum absolute atomic E-state index is 6.27. The topological polar surface area (TPSA) is 56.7 Å². The minimum atomic E-state index is -0.149. The fourth-order valence-electron chi connectivity index (χ4n) is 2.07. The van der Waals surface area contributed by atoms with Crippen LogP contribution in [-0.4, -0.2) is 20.1 Å². The van der Waals surface area contributed by atoms with Gasteiger partial charge in [0.2, 0.25) is 0 Å². The van der Waals surface area contributed by atoms with Gasteiger partial charge in [-0.25, -0.2) is 4.68 Å². The lowest BCUT2D eigenvalue weighted by Crippen LogP contribution is -2.20. The Morgan fingerprint density at radius 2 is 2.00 bits per heavy atom. The number of hydrogen-bond acceptors (Lipinski definition) is 3. The Bertz CT molecular complexity index is 630. The summed E-state index contributed by atoms with van der Waals surface area (Å²) >= 11 is 6.27. The lowest BCUT2D eigenvalue weighted by Gasteiger charge is -2.20. The van der Waals surface area contributed by atoms with Crippen LogP contribution in [-0.2, 0) is 0 Å². The van der Waals surface area contributed by atoms with Gasteiger partial charge in [-0.2, -0.15) is 5.10 Å². The SMILES string of the molecule is Nc1cc(-c2ccccn2)nn1C1C=CC=CC1Cl. The van der Waals surface area contributed by atoms with E-state index in [1.165, 1.54) is 0 Å². The first-order chi connectivity index (χ1) is 9.25. The van der Waals surface area contributed by atoms with Crippen LogP contribution in [0.3, 0.4) is 0 Å². The zero-order valence-corrected chi connectivity index (χ0v) is 10.9. The number of nitrogens with two attached hydrogens (primary N) is 1. The van der Waals surface area contributed by atoms with Crippen molar-refractivity contribution in [3.8, 4) is 11.4 Å². The van der Waals surface area contributed by atoms with Crippen molar-refractivity contribution < 1.29 is 0 Å². The molecule has 0 fully saturated rings. The van der Waals surface area contributed by atoms with E-state index in [9.17, 15) is 0 Å². The second kappa shape index (κ2) is 4.90. The summed E-state index contributed by atoms with van der Waals surface area (Å²) in [7, 11) is 0. The molecule has 0 aliphatic heterocycles. The van der Waals surface area contributed by atoms with Gasteiger partial charge in [-0.05, 0) is 12.1 Å². The van der Waals surface area contributed by atoms with Gasteiger partial charge in [-0.15, -0.1) is 11.6 Å². The predicted octanol–water partition coefficient (Wildman–Crippen LogP) is 2.80. The molecule has 2 aromatic rings. The molecule has 0 saturated heterocycles. The molecule has 0 spiro atoms. The number of aromatic nitrogens is 3. The van der Waals surface area contributed by atoms with Gasteiger partial charge in [0.1, 0.15) is 11.5 Å². The molecule has 96 valence electrons. The van der Waals surface area contributed by atoms with E-state index in [2.05, 4.69) is 10.1 Å². The highest BCUT2D eigenvalue weighted by Gasteiger charge is 2.21. The van der Waals surface area contributed by atoms with Crippen LogP contribution in [0.25, 0.3) is 11.4 Å². The largest absolute Gasteiger partial charge is 0.384 e. The molecule has 19 heavy (non-hydrogen) atoms. The van der Waals surface area contributed by atoms with E-state index in [-0.39, 0.29) is 11.4 Å². The van der Waals surface area contributed by atoms with E-state index >= 15 is 0 Å². The molecule has 2 atom stereocenters. The molecule has 5 heteroatoms. The van der Waals surface area contributed by atoms with E-state index in [1.54, 1.807) is 10.9 Å². The molecule has 0 bridgehead atoms. The highest BCUT2D eigenvalue weighted by Crippen LogP contribution is 2.28. The molecule has 1 aliphatic carbocycles. The molecule has 0 radical (unpaired) electrons. The van der Waals surface area contributed by atoms with Gasteiger partial charge in [0.15, 0.2) is 0 Å². The van der Waals surface area contributed by atoms with Crippen molar-refractivity contribution in [2.24, 2.45) is 0 Å². The summed E-state index contributed by atoms with van der Waals surface area (Å²) in [6, 6.07) is 7.45. The van der Waals surface area contributed by atoms with Gasteiger partial charge < -0.3 is 5.73 Å². The second-order valence-electron chi connectivity index (χ2n) is 4.32. The van der Waals surface area contributed by atoms with Crippen molar-refractivity contribution >= 4 is 17.4 Å². The summed E-state index contributed by atoms with van der Waals surface area (Å²) in [6.07, 6.45) is 9.52. The van der Waals surface area contributed by atoms with Crippen LogP contribution in [0.1, 0.15) is 6.04 Å². The van der Waals surface area contributed by atoms with Crippen LogP contribution < -0.4 is 5.73 Å². The van der Waals surface area contributed by atoms with Gasteiger partial charge in [-0.1, -0.05) is 30.4 Å². The minimum Gasteiger partial charge on any atom is -0.384 e. The normalized spacial score (nSPS) is 21.7. The lowest BCUT2D eigenvalue weighted by atomic mass is 10.1. The molecular weight excluding hydrogens is 260 g/mol. The molecule has 4 nitrogen and oxygen atoms in total. The Morgan fingerprint density at radius 3 is 2.74 bits per heavy atom. The average molecular weight is 273 g/mol. The van der Waals surface area contributed by atoms with Crippen LogP contribution in [0.2, 0.25) is 0 Å². The Morgan fingerprint density at radius 1 is 1.16 bits per heavy atom. The van der Waals surface area contributed by atoms with Crippen LogP contribution in [0, 0.1) is 0 Å². The van der Waals surface area contributed by atoms with Gasteiger partial charge in [0, 0.05) is 12.3 Å². The maximum Gasteiger partial charge on any atom is 0.123 e. The number of pyridine rings is 1. The molecule has 3 rings (SSSR count). The van der Waals surface area contributed by atoms with Crippen molar-refractivity contribution in [2.75, 3.05) is 5.73 Å². The maximum atomic E-state index is 6.27. The molecule has 0 aromatic carbocycles. The first-order valence-corrected chi connectivity index (χ1v) is 6.45. The standard InChI is InChI=1S/C14H13ClN4/c15-10-5-1-2-7-13(10)19-14(16)9-12(18-19)11-6-3-4-8-17-11/h1-10,13H,16H2. The number of rotatable bonds is 2. The number of halogens is 1. The number of alkyl halides is 1. The smallest absolute Gasteiger partial charge is 0.123 e. The molecule has 1 aliphatic rings. The number of allylic oxidation sites excluding steroid dienone is 4. The van der Waals surface area contributed by atoms with E-state index in [0.717, 1.165) is 11.4 Å². The second-order valence-corrected chi connectivity index (χ2v) is 4.82. The van der Waals surface area contributed by atoms with Crippen LogP contribution in [0.15, 0.2) is 54.8 Å². The summed E-state index contributed by atoms with van der Waals surface area (Å²) in [4.78, 5) is 4.27. The Balaban J connectivity index is 1.98. The van der Waals surface area contributed by atoms with Crippen LogP contribution in [0.4, 0.5) is 5.82 Å². The number of hydrogen-bond donors (Lipinski definition) is 1. The van der Waals surface area contributed by atoms with Crippen molar-refractivity contribution in [1.29, 1.82) is 0 Å². The minimum absolute atomic E-state index is 0.0656. The van der Waals surface area contributed by atoms with Gasteiger partial charge >= 0.3 is 0 Å². The Hall–Kier alpha value is -2.07. The van der Waals surface area contributed by atoms with E-state index in [0.29, 0.717) is 5.82 Å². The van der Waals surface area contributed by atoms with Gasteiger partial charge in [0.25, 0.3) is 0 Å². The molecule has 2 N–H and O–H groups in total. The third kappa shape index (κ3) is 2.27. The Labute approximate surface area is 116 Å². The molecule has 0 amide bonds. The average Bonchev–Trinajstić information content (AvgIpc) is 2.82. The van der Waals surface area contributed by atoms with Gasteiger partial charge in [-0.3, -0.25) is 4.98 Å². The number of anilines is 1. The van der Waals surface area contributed by atoms with Crippen molar-refractivity contribution in [1.82, 2.24) is 14.8 Å². The van der Waals surface area contributed by atoms with E-state index < -0.39 is 0 Å². The number of nitrogen functional groups attached to an aromatic ring is 1. The third-order valence-corrected chi connectivity index (χ3v) is 3.42. The van der Waals surface area contributed by atoms with Gasteiger partial charge in [0.05, 0.1) is 17.1 Å². The first-order valence-electron chi connectivity index (χ1n) is 6.01. The van der Waals surface area contributed by atoms with Crippen LogP contribution in [0.5, 0.6) is 0 Å². The predicted molar refractivity (Wildman–Crippen MR) is 76.8 cm³/mol. The highest BCUT2D eigenvalue weighted by molar-refractivity contribution is 6.22. The van der Waals surface area contributed by atoms with Crippen molar-refractivity contribution in [3.63, 3.8) is 0 Å². The summed E-state index contributed by atoms with van der Waals surface area (Å²) in [5.74, 6) is 0.580. The molecular formula is C14H13ClN4. The molecule has 2 aromatic heterocycles. The zero-order valence-electron chi connectivity index (χ0n) is 10.1. The molecule has 0 saturated carbocycles.